The molecule has 0 radical (unpaired) electrons. The van der Waals surface area contributed by atoms with Crippen LogP contribution in [0.15, 0.2) is 30.7 Å². The number of amides is 1. The zero-order chi connectivity index (χ0) is 20.5. The molecule has 0 aromatic carbocycles. The number of fused-ring (bicyclic) bond motifs is 1. The number of aromatic nitrogens is 4. The molecule has 158 valence electrons. The fourth-order valence-corrected chi connectivity index (χ4v) is 4.53. The molecule has 3 aromatic heterocycles. The van der Waals surface area contributed by atoms with Crippen molar-refractivity contribution in [3.63, 3.8) is 0 Å². The first-order chi connectivity index (χ1) is 14.7. The zero-order valence-electron chi connectivity index (χ0n) is 17.2. The minimum absolute atomic E-state index is 0.244. The number of anilines is 1. The Morgan fingerprint density at radius 3 is 2.77 bits per heavy atom. The molecule has 5 rings (SSSR count). The van der Waals surface area contributed by atoms with Gasteiger partial charge in [0.05, 0.1) is 24.4 Å². The smallest absolute Gasteiger partial charge is 0.262 e. The van der Waals surface area contributed by atoms with Gasteiger partial charge in [0.1, 0.15) is 11.4 Å². The number of imidazole rings is 1. The molecule has 1 aliphatic carbocycles. The molecule has 30 heavy (non-hydrogen) atoms. The van der Waals surface area contributed by atoms with Gasteiger partial charge in [0.15, 0.2) is 5.82 Å². The Morgan fingerprint density at radius 1 is 1.20 bits per heavy atom. The number of hydrogen-bond acceptors (Lipinski definition) is 5. The van der Waals surface area contributed by atoms with Crippen LogP contribution in [-0.2, 0) is 4.74 Å². The van der Waals surface area contributed by atoms with Gasteiger partial charge >= 0.3 is 0 Å². The molecule has 8 nitrogen and oxygen atoms in total. The van der Waals surface area contributed by atoms with E-state index >= 15 is 0 Å². The van der Waals surface area contributed by atoms with Crippen LogP contribution < -0.4 is 10.1 Å². The normalized spacial score (nSPS) is 18.2. The van der Waals surface area contributed by atoms with Crippen molar-refractivity contribution < 1.29 is 14.3 Å². The number of carbonyl (C=O) groups excluding carboxylic acids is 1. The van der Waals surface area contributed by atoms with E-state index in [4.69, 9.17) is 14.5 Å². The first-order valence-corrected chi connectivity index (χ1v) is 10.7. The molecular formula is C22H27N5O3. The third-order valence-electron chi connectivity index (χ3n) is 6.23. The SMILES string of the molecule is COc1cc2nc(C3CCOCC3)cn2cc1C(=O)Nc1ccn(C2CCCC2)n1. The molecule has 0 bridgehead atoms. The predicted molar refractivity (Wildman–Crippen MR) is 112 cm³/mol. The van der Waals surface area contributed by atoms with E-state index in [1.807, 2.05) is 33.6 Å². The second-order valence-electron chi connectivity index (χ2n) is 8.15. The Morgan fingerprint density at radius 2 is 2.00 bits per heavy atom. The largest absolute Gasteiger partial charge is 0.496 e. The zero-order valence-corrected chi connectivity index (χ0v) is 17.2. The highest BCUT2D eigenvalue weighted by molar-refractivity contribution is 6.05. The highest BCUT2D eigenvalue weighted by Gasteiger charge is 2.22. The second kappa shape index (κ2) is 8.10. The molecule has 0 unspecified atom stereocenters. The van der Waals surface area contributed by atoms with Crippen molar-refractivity contribution in [2.75, 3.05) is 25.6 Å². The molecule has 8 heteroatoms. The molecule has 2 aliphatic rings. The molecule has 1 amide bonds. The third-order valence-corrected chi connectivity index (χ3v) is 6.23. The van der Waals surface area contributed by atoms with Crippen molar-refractivity contribution >= 4 is 17.4 Å². The summed E-state index contributed by atoms with van der Waals surface area (Å²) in [5.74, 6) is 1.20. The topological polar surface area (TPSA) is 82.7 Å². The van der Waals surface area contributed by atoms with Crippen LogP contribution in [0.3, 0.4) is 0 Å². The molecule has 1 N–H and O–H groups in total. The summed E-state index contributed by atoms with van der Waals surface area (Å²) < 4.78 is 14.8. The lowest BCUT2D eigenvalue weighted by Gasteiger charge is -2.19. The van der Waals surface area contributed by atoms with Crippen LogP contribution >= 0.6 is 0 Å². The summed E-state index contributed by atoms with van der Waals surface area (Å²) in [7, 11) is 1.57. The van der Waals surface area contributed by atoms with E-state index in [9.17, 15) is 4.79 Å². The Hall–Kier alpha value is -2.87. The van der Waals surface area contributed by atoms with Crippen molar-refractivity contribution in [1.29, 1.82) is 0 Å². The standard InChI is InChI=1S/C22H27N5O3/c1-29-19-12-21-23-18(15-7-10-30-11-8-15)14-26(21)13-17(19)22(28)24-20-6-9-27(25-20)16-4-2-3-5-16/h6,9,12-16H,2-5,7-8,10-11H2,1H3,(H,24,25,28). The first-order valence-electron chi connectivity index (χ1n) is 10.7. The number of hydrogen-bond donors (Lipinski definition) is 1. The summed E-state index contributed by atoms with van der Waals surface area (Å²) in [6.45, 7) is 1.53. The molecular weight excluding hydrogens is 382 g/mol. The van der Waals surface area contributed by atoms with Crippen molar-refractivity contribution in [2.45, 2.75) is 50.5 Å². The summed E-state index contributed by atoms with van der Waals surface area (Å²) >= 11 is 0. The summed E-state index contributed by atoms with van der Waals surface area (Å²) in [4.78, 5) is 17.7. The Balaban J connectivity index is 1.38. The number of nitrogens with zero attached hydrogens (tertiary/aromatic N) is 4. The van der Waals surface area contributed by atoms with Gasteiger partial charge in [-0.3, -0.25) is 9.48 Å². The summed E-state index contributed by atoms with van der Waals surface area (Å²) in [5, 5.41) is 7.46. The molecule has 1 aliphatic heterocycles. The van der Waals surface area contributed by atoms with Crippen molar-refractivity contribution in [3.05, 3.63) is 42.0 Å². The fourth-order valence-electron chi connectivity index (χ4n) is 4.53. The van der Waals surface area contributed by atoms with Gasteiger partial charge in [0.2, 0.25) is 0 Å². The molecule has 3 aromatic rings. The predicted octanol–water partition coefficient (Wildman–Crippen LogP) is 3.80. The van der Waals surface area contributed by atoms with Gasteiger partial charge in [-0.2, -0.15) is 5.10 Å². The van der Waals surface area contributed by atoms with Crippen LogP contribution in [0.5, 0.6) is 5.75 Å². The van der Waals surface area contributed by atoms with Gasteiger partial charge in [-0.05, 0) is 25.7 Å². The Bertz CT molecular complexity index is 1040. The van der Waals surface area contributed by atoms with E-state index in [0.29, 0.717) is 29.1 Å². The molecule has 0 atom stereocenters. The number of ether oxygens (including phenoxy) is 2. The number of carbonyl (C=O) groups is 1. The lowest BCUT2D eigenvalue weighted by molar-refractivity contribution is 0.0846. The molecule has 1 saturated heterocycles. The van der Waals surface area contributed by atoms with Crippen LogP contribution in [0.4, 0.5) is 5.82 Å². The van der Waals surface area contributed by atoms with Crippen molar-refractivity contribution in [1.82, 2.24) is 19.2 Å². The average Bonchev–Trinajstić information content (AvgIpc) is 3.53. The van der Waals surface area contributed by atoms with Gasteiger partial charge in [-0.25, -0.2) is 4.98 Å². The van der Waals surface area contributed by atoms with Gasteiger partial charge in [-0.1, -0.05) is 12.8 Å². The molecule has 4 heterocycles. The van der Waals surface area contributed by atoms with E-state index in [2.05, 4.69) is 10.4 Å². The fraction of sp³-hybridized carbons (Fsp3) is 0.500. The van der Waals surface area contributed by atoms with Crippen LogP contribution in [0.1, 0.15) is 66.5 Å². The minimum atomic E-state index is -0.244. The molecule has 0 spiro atoms. The van der Waals surface area contributed by atoms with Crippen LogP contribution in [0.25, 0.3) is 5.65 Å². The number of nitrogens with one attached hydrogen (secondary N) is 1. The molecule has 1 saturated carbocycles. The lowest BCUT2D eigenvalue weighted by Crippen LogP contribution is -2.15. The highest BCUT2D eigenvalue weighted by Crippen LogP contribution is 2.30. The number of methoxy groups -OCH3 is 1. The van der Waals surface area contributed by atoms with Gasteiger partial charge in [-0.15, -0.1) is 0 Å². The first kappa shape index (κ1) is 19.1. The van der Waals surface area contributed by atoms with E-state index in [0.717, 1.165) is 50.2 Å². The van der Waals surface area contributed by atoms with Gasteiger partial charge in [0, 0.05) is 49.9 Å². The van der Waals surface area contributed by atoms with Crippen molar-refractivity contribution in [3.8, 4) is 5.75 Å². The quantitative estimate of drug-likeness (QED) is 0.693. The van der Waals surface area contributed by atoms with Crippen LogP contribution in [0, 0.1) is 0 Å². The average molecular weight is 409 g/mol. The summed E-state index contributed by atoms with van der Waals surface area (Å²) in [5.41, 5.74) is 2.26. The highest BCUT2D eigenvalue weighted by atomic mass is 16.5. The van der Waals surface area contributed by atoms with Crippen LogP contribution in [0.2, 0.25) is 0 Å². The molecule has 2 fully saturated rings. The van der Waals surface area contributed by atoms with E-state index in [-0.39, 0.29) is 5.91 Å². The minimum Gasteiger partial charge on any atom is -0.496 e. The Kier molecular flexibility index (Phi) is 5.16. The van der Waals surface area contributed by atoms with E-state index < -0.39 is 0 Å². The number of rotatable bonds is 5. The van der Waals surface area contributed by atoms with Gasteiger partial charge < -0.3 is 19.2 Å². The maximum atomic E-state index is 13.0. The lowest BCUT2D eigenvalue weighted by atomic mass is 9.97. The maximum absolute atomic E-state index is 13.0. The van der Waals surface area contributed by atoms with Crippen molar-refractivity contribution in [2.24, 2.45) is 0 Å². The maximum Gasteiger partial charge on any atom is 0.262 e. The summed E-state index contributed by atoms with van der Waals surface area (Å²) in [6, 6.07) is 4.10. The number of pyridine rings is 1. The van der Waals surface area contributed by atoms with E-state index in [1.165, 1.54) is 12.8 Å². The van der Waals surface area contributed by atoms with Gasteiger partial charge in [0.25, 0.3) is 5.91 Å². The second-order valence-corrected chi connectivity index (χ2v) is 8.15. The van der Waals surface area contributed by atoms with E-state index in [1.54, 1.807) is 13.3 Å². The monoisotopic (exact) mass is 409 g/mol. The Labute approximate surface area is 175 Å². The van der Waals surface area contributed by atoms with Crippen LogP contribution in [-0.4, -0.2) is 45.4 Å². The summed E-state index contributed by atoms with van der Waals surface area (Å²) in [6.07, 6.45) is 12.5. The third kappa shape index (κ3) is 3.67.